The molecule has 24 heavy (non-hydrogen) atoms. The van der Waals surface area contributed by atoms with Gasteiger partial charge in [-0.2, -0.15) is 0 Å². The molecule has 0 saturated carbocycles. The quantitative estimate of drug-likeness (QED) is 0.595. The van der Waals surface area contributed by atoms with Gasteiger partial charge in [-0.1, -0.05) is 41.9 Å². The summed E-state index contributed by atoms with van der Waals surface area (Å²) in [7, 11) is 0. The lowest BCUT2D eigenvalue weighted by atomic mass is 10.1. The van der Waals surface area contributed by atoms with Gasteiger partial charge in [0.25, 0.3) is 0 Å². The Hall–Kier alpha value is -2.85. The number of halogens is 1. The number of fused-ring (bicyclic) bond motifs is 3. The minimum absolute atomic E-state index is 0.0492. The molecule has 0 aliphatic heterocycles. The molecule has 0 radical (unpaired) electrons. The molecule has 2 aromatic heterocycles. The monoisotopic (exact) mass is 336 g/mol. The summed E-state index contributed by atoms with van der Waals surface area (Å²) in [5.74, 6) is -1.02. The maximum Gasteiger partial charge on any atom is 0.354 e. The van der Waals surface area contributed by atoms with Crippen LogP contribution in [0.25, 0.3) is 21.8 Å². The predicted molar refractivity (Wildman–Crippen MR) is 94.8 cm³/mol. The van der Waals surface area contributed by atoms with Gasteiger partial charge in [-0.25, -0.2) is 9.78 Å². The number of pyridine rings is 1. The molecule has 2 aromatic carbocycles. The number of para-hydroxylation sites is 1. The largest absolute Gasteiger partial charge is 0.477 e. The van der Waals surface area contributed by atoms with E-state index >= 15 is 0 Å². The Morgan fingerprint density at radius 1 is 1.04 bits per heavy atom. The highest BCUT2D eigenvalue weighted by Gasteiger charge is 2.14. The molecule has 0 fully saturated rings. The molecule has 2 heterocycles. The van der Waals surface area contributed by atoms with Crippen molar-refractivity contribution in [3.8, 4) is 0 Å². The highest BCUT2D eigenvalue weighted by Crippen LogP contribution is 2.30. The second-order valence-corrected chi connectivity index (χ2v) is 6.06. The van der Waals surface area contributed by atoms with Crippen molar-refractivity contribution in [3.05, 3.63) is 77.1 Å². The van der Waals surface area contributed by atoms with Crippen LogP contribution in [0.3, 0.4) is 0 Å². The van der Waals surface area contributed by atoms with E-state index in [1.54, 1.807) is 12.3 Å². The first-order valence-electron chi connectivity index (χ1n) is 7.48. The molecule has 4 aromatic rings. The van der Waals surface area contributed by atoms with Crippen molar-refractivity contribution >= 4 is 39.4 Å². The number of carboxylic acids is 1. The Kier molecular flexibility index (Phi) is 3.47. The smallest absolute Gasteiger partial charge is 0.354 e. The van der Waals surface area contributed by atoms with Gasteiger partial charge in [0, 0.05) is 27.9 Å². The Bertz CT molecular complexity index is 1090. The summed E-state index contributed by atoms with van der Waals surface area (Å²) in [6.07, 6.45) is 1.63. The third-order valence-corrected chi connectivity index (χ3v) is 4.34. The molecule has 1 N–H and O–H groups in total. The molecule has 0 bridgehead atoms. The molecular weight excluding hydrogens is 324 g/mol. The van der Waals surface area contributed by atoms with E-state index in [-0.39, 0.29) is 5.69 Å². The van der Waals surface area contributed by atoms with Crippen LogP contribution in [-0.4, -0.2) is 20.6 Å². The highest BCUT2D eigenvalue weighted by atomic mass is 35.5. The van der Waals surface area contributed by atoms with Crippen molar-refractivity contribution in [2.24, 2.45) is 0 Å². The fourth-order valence-corrected chi connectivity index (χ4v) is 3.26. The fourth-order valence-electron chi connectivity index (χ4n) is 3.05. The molecule has 0 saturated heterocycles. The number of aromatic nitrogens is 2. The Balaban J connectivity index is 1.97. The second kappa shape index (κ2) is 5.65. The fraction of sp³-hybridized carbons (Fsp3) is 0.0526. The summed E-state index contributed by atoms with van der Waals surface area (Å²) in [5.41, 5.74) is 3.07. The molecule has 0 amide bonds. The van der Waals surface area contributed by atoms with E-state index in [0.717, 1.165) is 27.4 Å². The van der Waals surface area contributed by atoms with Crippen molar-refractivity contribution in [2.45, 2.75) is 6.54 Å². The number of rotatable bonds is 3. The number of carbonyl (C=O) groups is 1. The average Bonchev–Trinajstić information content (AvgIpc) is 2.89. The van der Waals surface area contributed by atoms with Gasteiger partial charge >= 0.3 is 5.97 Å². The van der Waals surface area contributed by atoms with Crippen LogP contribution >= 0.6 is 11.6 Å². The molecule has 0 aliphatic carbocycles. The minimum Gasteiger partial charge on any atom is -0.477 e. The summed E-state index contributed by atoms with van der Waals surface area (Å²) >= 11 is 6.09. The van der Waals surface area contributed by atoms with Crippen molar-refractivity contribution < 1.29 is 9.90 Å². The first-order valence-corrected chi connectivity index (χ1v) is 7.86. The van der Waals surface area contributed by atoms with E-state index < -0.39 is 5.97 Å². The predicted octanol–water partition coefficient (Wildman–Crippen LogP) is 4.59. The Morgan fingerprint density at radius 2 is 1.88 bits per heavy atom. The van der Waals surface area contributed by atoms with Gasteiger partial charge in [0.15, 0.2) is 0 Å². The van der Waals surface area contributed by atoms with Crippen LogP contribution in [0.2, 0.25) is 5.02 Å². The van der Waals surface area contributed by atoms with Crippen molar-refractivity contribution in [3.63, 3.8) is 0 Å². The van der Waals surface area contributed by atoms with E-state index in [2.05, 4.69) is 9.55 Å². The van der Waals surface area contributed by atoms with Crippen LogP contribution in [0, 0.1) is 0 Å². The number of aromatic carboxylic acids is 1. The maximum atomic E-state index is 11.2. The second-order valence-electron chi connectivity index (χ2n) is 5.63. The van der Waals surface area contributed by atoms with Crippen LogP contribution in [0.5, 0.6) is 0 Å². The van der Waals surface area contributed by atoms with Crippen molar-refractivity contribution in [1.82, 2.24) is 9.55 Å². The van der Waals surface area contributed by atoms with Gasteiger partial charge in [0.2, 0.25) is 0 Å². The lowest BCUT2D eigenvalue weighted by Gasteiger charge is -2.08. The van der Waals surface area contributed by atoms with Crippen molar-refractivity contribution in [1.29, 1.82) is 0 Å². The first-order chi connectivity index (χ1) is 11.6. The number of carboxylic acid groups (broad SMARTS) is 1. The molecule has 4 rings (SSSR count). The molecule has 0 spiro atoms. The van der Waals surface area contributed by atoms with Gasteiger partial charge in [0.05, 0.1) is 11.7 Å². The standard InChI is InChI=1S/C19H13ClN2O2/c20-13-5-3-4-12(8-13)11-22-17-7-2-1-6-14(17)15-9-16(19(23)24)21-10-18(15)22/h1-10H,11H2,(H,23,24). The lowest BCUT2D eigenvalue weighted by molar-refractivity contribution is 0.0690. The molecule has 0 aliphatic rings. The van der Waals surface area contributed by atoms with Crippen LogP contribution in [0.15, 0.2) is 60.8 Å². The van der Waals surface area contributed by atoms with E-state index in [1.165, 1.54) is 0 Å². The summed E-state index contributed by atoms with van der Waals surface area (Å²) in [4.78, 5) is 15.3. The highest BCUT2D eigenvalue weighted by molar-refractivity contribution is 6.30. The average molecular weight is 337 g/mol. The number of hydrogen-bond donors (Lipinski definition) is 1. The first kappa shape index (κ1) is 14.7. The van der Waals surface area contributed by atoms with Crippen LogP contribution in [0.4, 0.5) is 0 Å². The van der Waals surface area contributed by atoms with Gasteiger partial charge in [-0.3, -0.25) is 0 Å². The number of benzene rings is 2. The zero-order valence-electron chi connectivity index (χ0n) is 12.6. The molecule has 4 nitrogen and oxygen atoms in total. The minimum atomic E-state index is -1.02. The molecular formula is C19H13ClN2O2. The summed E-state index contributed by atoms with van der Waals surface area (Å²) in [6, 6.07) is 17.3. The summed E-state index contributed by atoms with van der Waals surface area (Å²) in [5, 5.41) is 11.8. The van der Waals surface area contributed by atoms with Crippen LogP contribution in [0.1, 0.15) is 16.1 Å². The third kappa shape index (κ3) is 2.41. The molecule has 118 valence electrons. The normalized spacial score (nSPS) is 11.2. The van der Waals surface area contributed by atoms with Gasteiger partial charge in [0.1, 0.15) is 5.69 Å². The zero-order chi connectivity index (χ0) is 16.7. The molecule has 0 atom stereocenters. The van der Waals surface area contributed by atoms with E-state index in [4.69, 9.17) is 11.6 Å². The van der Waals surface area contributed by atoms with Crippen LogP contribution < -0.4 is 0 Å². The molecule has 5 heteroatoms. The van der Waals surface area contributed by atoms with E-state index in [0.29, 0.717) is 11.6 Å². The van der Waals surface area contributed by atoms with Gasteiger partial charge in [-0.05, 0) is 29.8 Å². The summed E-state index contributed by atoms with van der Waals surface area (Å²) < 4.78 is 2.13. The van der Waals surface area contributed by atoms with E-state index in [1.807, 2.05) is 48.5 Å². The van der Waals surface area contributed by atoms with E-state index in [9.17, 15) is 9.90 Å². The summed E-state index contributed by atoms with van der Waals surface area (Å²) in [6.45, 7) is 0.638. The third-order valence-electron chi connectivity index (χ3n) is 4.11. The van der Waals surface area contributed by atoms with Gasteiger partial charge in [-0.15, -0.1) is 0 Å². The topological polar surface area (TPSA) is 55.1 Å². The Morgan fingerprint density at radius 3 is 2.67 bits per heavy atom. The number of nitrogens with zero attached hydrogens (tertiary/aromatic N) is 2. The maximum absolute atomic E-state index is 11.2. The lowest BCUT2D eigenvalue weighted by Crippen LogP contribution is -2.02. The zero-order valence-corrected chi connectivity index (χ0v) is 13.4. The van der Waals surface area contributed by atoms with Crippen LogP contribution in [-0.2, 0) is 6.54 Å². The van der Waals surface area contributed by atoms with Crippen molar-refractivity contribution in [2.75, 3.05) is 0 Å². The Labute approximate surface area is 142 Å². The SMILES string of the molecule is O=C(O)c1cc2c3ccccc3n(Cc3cccc(Cl)c3)c2cn1. The molecule has 0 unspecified atom stereocenters. The number of hydrogen-bond acceptors (Lipinski definition) is 2. The van der Waals surface area contributed by atoms with Gasteiger partial charge < -0.3 is 9.67 Å².